The lowest BCUT2D eigenvalue weighted by molar-refractivity contribution is -0.123. The third-order valence-electron chi connectivity index (χ3n) is 3.58. The van der Waals surface area contributed by atoms with Gasteiger partial charge in [-0.3, -0.25) is 4.79 Å². The first kappa shape index (κ1) is 18.6. The van der Waals surface area contributed by atoms with Gasteiger partial charge in [0.15, 0.2) is 0 Å². The van der Waals surface area contributed by atoms with E-state index in [1.165, 1.54) is 6.07 Å². The molecule has 0 saturated carbocycles. The van der Waals surface area contributed by atoms with Crippen LogP contribution in [-0.2, 0) is 21.4 Å². The molecule has 2 rings (SSSR count). The highest BCUT2D eigenvalue weighted by Gasteiger charge is 2.28. The fraction of sp³-hybridized carbons (Fsp3) is 0.353. The van der Waals surface area contributed by atoms with Crippen LogP contribution in [0.1, 0.15) is 25.0 Å². The number of carbonyl (C=O) groups excluding carboxylic acids is 1. The molecule has 0 bridgehead atoms. The smallest absolute Gasteiger partial charge is 0.250 e. The van der Waals surface area contributed by atoms with Gasteiger partial charge in [-0.2, -0.15) is 4.72 Å². The largest absolute Gasteiger partial charge is 0.351 e. The Morgan fingerprint density at radius 2 is 1.83 bits per heavy atom. The van der Waals surface area contributed by atoms with Gasteiger partial charge in [-0.25, -0.2) is 8.42 Å². The van der Waals surface area contributed by atoms with Gasteiger partial charge in [0.1, 0.15) is 10.3 Å². The van der Waals surface area contributed by atoms with Crippen LogP contribution < -0.4 is 10.0 Å². The Kier molecular flexibility index (Phi) is 6.15. The van der Waals surface area contributed by atoms with Crippen molar-refractivity contribution in [3.8, 4) is 0 Å². The van der Waals surface area contributed by atoms with E-state index in [0.717, 1.165) is 22.5 Å². The number of sulfonamides is 1. The summed E-state index contributed by atoms with van der Waals surface area (Å²) in [6, 6.07) is 10.2. The molecule has 5 nitrogen and oxygen atoms in total. The molecule has 0 fully saturated rings. The van der Waals surface area contributed by atoms with Gasteiger partial charge in [0.25, 0.3) is 10.0 Å². The number of amides is 1. The van der Waals surface area contributed by atoms with E-state index in [1.54, 1.807) is 11.4 Å². The van der Waals surface area contributed by atoms with Crippen LogP contribution in [0.4, 0.5) is 0 Å². The normalized spacial score (nSPS) is 13.0. The molecule has 24 heavy (non-hydrogen) atoms. The minimum Gasteiger partial charge on any atom is -0.351 e. The predicted octanol–water partition coefficient (Wildman–Crippen LogP) is 2.68. The molecule has 0 saturated heterocycles. The Bertz CT molecular complexity index is 767. The van der Waals surface area contributed by atoms with Gasteiger partial charge in [0, 0.05) is 6.54 Å². The van der Waals surface area contributed by atoms with Crippen LogP contribution in [0, 0.1) is 12.8 Å². The Labute approximate surface area is 147 Å². The molecule has 0 aliphatic rings. The number of carbonyl (C=O) groups is 1. The van der Waals surface area contributed by atoms with Crippen LogP contribution in [0.25, 0.3) is 0 Å². The number of benzene rings is 1. The zero-order chi connectivity index (χ0) is 17.7. The predicted molar refractivity (Wildman–Crippen MR) is 96.3 cm³/mol. The molecule has 1 aromatic heterocycles. The Hall–Kier alpha value is -1.70. The Balaban J connectivity index is 2.04. The third kappa shape index (κ3) is 4.90. The van der Waals surface area contributed by atoms with Crippen molar-refractivity contribution in [3.05, 3.63) is 52.9 Å². The van der Waals surface area contributed by atoms with E-state index in [0.29, 0.717) is 6.54 Å². The summed E-state index contributed by atoms with van der Waals surface area (Å²) in [5, 5.41) is 4.50. The molecular formula is C17H22N2O3S2. The second kappa shape index (κ2) is 7.92. The molecule has 0 spiro atoms. The molecule has 0 radical (unpaired) electrons. The molecule has 2 N–H and O–H groups in total. The number of thiophene rings is 1. The van der Waals surface area contributed by atoms with Gasteiger partial charge >= 0.3 is 0 Å². The first-order valence-electron chi connectivity index (χ1n) is 7.68. The molecule has 1 atom stereocenters. The maximum Gasteiger partial charge on any atom is 0.250 e. The van der Waals surface area contributed by atoms with Gasteiger partial charge in [-0.15, -0.1) is 11.3 Å². The monoisotopic (exact) mass is 366 g/mol. The molecule has 2 aromatic rings. The second-order valence-corrected chi connectivity index (χ2v) is 8.87. The molecular weight excluding hydrogens is 344 g/mol. The van der Waals surface area contributed by atoms with E-state index in [9.17, 15) is 13.2 Å². The van der Waals surface area contributed by atoms with Crippen LogP contribution >= 0.6 is 11.3 Å². The van der Waals surface area contributed by atoms with Crippen molar-refractivity contribution < 1.29 is 13.2 Å². The topological polar surface area (TPSA) is 75.3 Å². The lowest BCUT2D eigenvalue weighted by atomic mass is 10.0. The van der Waals surface area contributed by atoms with Gasteiger partial charge < -0.3 is 5.32 Å². The summed E-state index contributed by atoms with van der Waals surface area (Å²) in [6.07, 6.45) is 0. The second-order valence-electron chi connectivity index (χ2n) is 5.98. The number of hydrogen-bond acceptors (Lipinski definition) is 4. The van der Waals surface area contributed by atoms with E-state index in [-0.39, 0.29) is 16.0 Å². The fourth-order valence-electron chi connectivity index (χ4n) is 2.14. The van der Waals surface area contributed by atoms with E-state index < -0.39 is 16.1 Å². The summed E-state index contributed by atoms with van der Waals surface area (Å²) in [4.78, 5) is 12.4. The summed E-state index contributed by atoms with van der Waals surface area (Å²) in [6.45, 7) is 5.99. The van der Waals surface area contributed by atoms with Crippen LogP contribution in [0.3, 0.4) is 0 Å². The summed E-state index contributed by atoms with van der Waals surface area (Å²) in [5.41, 5.74) is 2.12. The van der Waals surface area contributed by atoms with Crippen LogP contribution in [0.15, 0.2) is 46.0 Å². The zero-order valence-corrected chi connectivity index (χ0v) is 15.6. The highest BCUT2D eigenvalue weighted by molar-refractivity contribution is 7.91. The molecule has 0 aliphatic carbocycles. The minimum atomic E-state index is -3.69. The highest BCUT2D eigenvalue weighted by Crippen LogP contribution is 2.17. The lowest BCUT2D eigenvalue weighted by Gasteiger charge is -2.21. The van der Waals surface area contributed by atoms with Gasteiger partial charge in [0.2, 0.25) is 5.91 Å². The number of rotatable bonds is 7. The maximum atomic E-state index is 12.4. The van der Waals surface area contributed by atoms with Crippen molar-refractivity contribution in [3.63, 3.8) is 0 Å². The van der Waals surface area contributed by atoms with Crippen molar-refractivity contribution in [1.29, 1.82) is 0 Å². The van der Waals surface area contributed by atoms with Gasteiger partial charge in [-0.05, 0) is 29.9 Å². The van der Waals surface area contributed by atoms with Crippen molar-refractivity contribution in [2.75, 3.05) is 0 Å². The van der Waals surface area contributed by atoms with E-state index in [2.05, 4.69) is 10.0 Å². The first-order chi connectivity index (χ1) is 11.3. The first-order valence-corrected chi connectivity index (χ1v) is 10.0. The molecule has 1 aromatic carbocycles. The summed E-state index contributed by atoms with van der Waals surface area (Å²) >= 11 is 1.12. The summed E-state index contributed by atoms with van der Waals surface area (Å²) in [5.74, 6) is -0.497. The average Bonchev–Trinajstić information content (AvgIpc) is 3.07. The SMILES string of the molecule is Cc1ccc(CNC(=O)[C@@H](NS(=O)(=O)c2cccs2)C(C)C)cc1. The van der Waals surface area contributed by atoms with Crippen LogP contribution in [0.5, 0.6) is 0 Å². The molecule has 1 heterocycles. The molecule has 130 valence electrons. The Morgan fingerprint density at radius 3 is 2.38 bits per heavy atom. The van der Waals surface area contributed by atoms with Crippen molar-refractivity contribution >= 4 is 27.3 Å². The lowest BCUT2D eigenvalue weighted by Crippen LogP contribution is -2.49. The molecule has 0 unspecified atom stereocenters. The molecule has 0 aliphatic heterocycles. The average molecular weight is 367 g/mol. The molecule has 7 heteroatoms. The van der Waals surface area contributed by atoms with Gasteiger partial charge in [0.05, 0.1) is 0 Å². The van der Waals surface area contributed by atoms with Crippen molar-refractivity contribution in [2.24, 2.45) is 5.92 Å². The van der Waals surface area contributed by atoms with Crippen molar-refractivity contribution in [1.82, 2.24) is 10.0 Å². The quantitative estimate of drug-likeness (QED) is 0.791. The van der Waals surface area contributed by atoms with E-state index in [4.69, 9.17) is 0 Å². The zero-order valence-electron chi connectivity index (χ0n) is 13.9. The number of hydrogen-bond donors (Lipinski definition) is 2. The maximum absolute atomic E-state index is 12.4. The summed E-state index contributed by atoms with van der Waals surface area (Å²) < 4.78 is 27.4. The summed E-state index contributed by atoms with van der Waals surface area (Å²) in [7, 11) is -3.69. The van der Waals surface area contributed by atoms with Crippen LogP contribution in [0.2, 0.25) is 0 Å². The standard InChI is InChI=1S/C17H22N2O3S2/c1-12(2)16(19-24(21,22)15-5-4-10-23-15)17(20)18-11-14-8-6-13(3)7-9-14/h4-10,12,16,19H,11H2,1-3H3,(H,18,20)/t16-/m0/s1. The van der Waals surface area contributed by atoms with E-state index >= 15 is 0 Å². The Morgan fingerprint density at radius 1 is 1.17 bits per heavy atom. The number of nitrogens with one attached hydrogen (secondary N) is 2. The third-order valence-corrected chi connectivity index (χ3v) is 6.42. The highest BCUT2D eigenvalue weighted by atomic mass is 32.2. The van der Waals surface area contributed by atoms with Crippen molar-refractivity contribution in [2.45, 2.75) is 37.6 Å². The van der Waals surface area contributed by atoms with E-state index in [1.807, 2.05) is 45.0 Å². The molecule has 1 amide bonds. The van der Waals surface area contributed by atoms with Crippen LogP contribution in [-0.4, -0.2) is 20.4 Å². The minimum absolute atomic E-state index is 0.169. The fourth-order valence-corrected chi connectivity index (χ4v) is 4.49. The number of aryl methyl sites for hydroxylation is 1. The van der Waals surface area contributed by atoms with Gasteiger partial charge in [-0.1, -0.05) is 49.7 Å².